The van der Waals surface area contributed by atoms with E-state index >= 15 is 0 Å². The molecule has 2 aliphatic carbocycles. The molecule has 0 N–H and O–H groups in total. The van der Waals surface area contributed by atoms with Crippen LogP contribution in [-0.4, -0.2) is 44.4 Å². The Morgan fingerprint density at radius 2 is 1.90 bits per heavy atom. The van der Waals surface area contributed by atoms with Gasteiger partial charge < -0.3 is 9.64 Å². The minimum Gasteiger partial charge on any atom is -0.472 e. The molecule has 1 amide bonds. The zero-order valence-electron chi connectivity index (χ0n) is 16.4. The van der Waals surface area contributed by atoms with E-state index in [-0.39, 0.29) is 23.5 Å². The van der Waals surface area contributed by atoms with Gasteiger partial charge in [-0.05, 0) is 46.8 Å². The van der Waals surface area contributed by atoms with Crippen molar-refractivity contribution in [3.63, 3.8) is 0 Å². The predicted octanol–water partition coefficient (Wildman–Crippen LogP) is 4.12. The molecule has 3 aliphatic rings. The van der Waals surface area contributed by atoms with Gasteiger partial charge >= 0.3 is 0 Å². The molecular formula is C23H18BrFN4O2. The average Bonchev–Trinajstić information content (AvgIpc) is 3.43. The van der Waals surface area contributed by atoms with Crippen LogP contribution in [-0.2, 0) is 0 Å². The molecule has 6 rings (SSSR count). The van der Waals surface area contributed by atoms with Gasteiger partial charge in [0, 0.05) is 34.3 Å². The van der Waals surface area contributed by atoms with E-state index in [2.05, 4.69) is 30.9 Å². The molecule has 2 aromatic heterocycles. The molecule has 3 aromatic rings. The van der Waals surface area contributed by atoms with Gasteiger partial charge in [0.25, 0.3) is 5.91 Å². The lowest BCUT2D eigenvalue weighted by atomic mass is 9.73. The smallest absolute Gasteiger partial charge is 0.255 e. The zero-order valence-corrected chi connectivity index (χ0v) is 18.0. The molecule has 1 saturated heterocycles. The average molecular weight is 481 g/mol. The highest BCUT2D eigenvalue weighted by Gasteiger charge is 2.76. The maximum Gasteiger partial charge on any atom is 0.255 e. The second-order valence-corrected chi connectivity index (χ2v) is 9.40. The largest absolute Gasteiger partial charge is 0.472 e. The van der Waals surface area contributed by atoms with Crippen molar-refractivity contribution in [2.45, 2.75) is 25.0 Å². The molecule has 3 heterocycles. The third-order valence-electron chi connectivity index (χ3n) is 6.81. The molecule has 1 aromatic carbocycles. The summed E-state index contributed by atoms with van der Waals surface area (Å²) in [6.07, 6.45) is 5.97. The third-order valence-corrected chi connectivity index (χ3v) is 7.28. The van der Waals surface area contributed by atoms with Crippen LogP contribution >= 0.6 is 15.9 Å². The third kappa shape index (κ3) is 2.96. The van der Waals surface area contributed by atoms with E-state index in [4.69, 9.17) is 4.74 Å². The summed E-state index contributed by atoms with van der Waals surface area (Å²) in [4.78, 5) is 28.0. The van der Waals surface area contributed by atoms with Crippen LogP contribution in [0.25, 0.3) is 11.4 Å². The fraction of sp³-hybridized carbons (Fsp3) is 0.304. The minimum absolute atomic E-state index is 0.0395. The van der Waals surface area contributed by atoms with Crippen LogP contribution in [0, 0.1) is 17.2 Å². The van der Waals surface area contributed by atoms with E-state index in [0.717, 1.165) is 36.3 Å². The number of aromatic nitrogens is 3. The minimum atomic E-state index is -0.509. The highest BCUT2D eigenvalue weighted by Crippen LogP contribution is 2.71. The molecule has 6 nitrogen and oxygen atoms in total. The second kappa shape index (κ2) is 6.82. The summed E-state index contributed by atoms with van der Waals surface area (Å²) in [6.45, 7) is 0.732. The second-order valence-electron chi connectivity index (χ2n) is 8.48. The van der Waals surface area contributed by atoms with Crippen LogP contribution in [0.1, 0.15) is 23.2 Å². The van der Waals surface area contributed by atoms with Crippen molar-refractivity contribution >= 4 is 21.8 Å². The number of carbonyl (C=O) groups excluding carboxylic acids is 1. The number of ether oxygens (including phenoxy) is 1. The van der Waals surface area contributed by atoms with E-state index < -0.39 is 5.82 Å². The molecule has 4 unspecified atom stereocenters. The lowest BCUT2D eigenvalue weighted by molar-refractivity contribution is -0.0345. The Hall–Kier alpha value is -2.87. The summed E-state index contributed by atoms with van der Waals surface area (Å²) in [5, 5.41) is 0. The quantitative estimate of drug-likeness (QED) is 0.561. The van der Waals surface area contributed by atoms with Crippen molar-refractivity contribution < 1.29 is 13.9 Å². The molecule has 8 heteroatoms. The van der Waals surface area contributed by atoms with Crippen molar-refractivity contribution in [2.24, 2.45) is 11.3 Å². The Morgan fingerprint density at radius 3 is 2.68 bits per heavy atom. The molecule has 2 saturated carbocycles. The Bertz CT molecular complexity index is 1170. The summed E-state index contributed by atoms with van der Waals surface area (Å²) in [6, 6.07) is 11.0. The van der Waals surface area contributed by atoms with Gasteiger partial charge in [0.15, 0.2) is 11.6 Å². The number of benzene rings is 1. The molecule has 31 heavy (non-hydrogen) atoms. The van der Waals surface area contributed by atoms with E-state index in [0.29, 0.717) is 28.7 Å². The number of rotatable bonds is 4. The summed E-state index contributed by atoms with van der Waals surface area (Å²) >= 11 is 3.39. The number of hydrogen-bond acceptors (Lipinski definition) is 5. The van der Waals surface area contributed by atoms with E-state index in [9.17, 15) is 9.18 Å². The van der Waals surface area contributed by atoms with Crippen LogP contribution in [0.3, 0.4) is 0 Å². The standard InChI is InChI=1S/C23H18BrFN4O2/c24-14-5-6-19(26-9-14)31-18-8-23-7-13(23)12-29(20(18)23)22(30)17-4-2-1-3-16(17)21-27-10-15(25)11-28-21/h1-6,9-11,13,18,20H,7-8,12H2. The zero-order chi connectivity index (χ0) is 21.2. The monoisotopic (exact) mass is 480 g/mol. The van der Waals surface area contributed by atoms with Crippen LogP contribution in [0.15, 0.2) is 59.5 Å². The van der Waals surface area contributed by atoms with E-state index in [1.807, 2.05) is 29.2 Å². The number of piperidine rings is 1. The number of likely N-dealkylation sites (tertiary alicyclic amines) is 1. The van der Waals surface area contributed by atoms with Gasteiger partial charge in [-0.25, -0.2) is 19.3 Å². The summed E-state index contributed by atoms with van der Waals surface area (Å²) in [5.41, 5.74) is 1.32. The summed E-state index contributed by atoms with van der Waals surface area (Å²) < 4.78 is 20.3. The van der Waals surface area contributed by atoms with Crippen LogP contribution in [0.2, 0.25) is 0 Å². The number of nitrogens with zero attached hydrogens (tertiary/aromatic N) is 4. The molecule has 0 bridgehead atoms. The highest BCUT2D eigenvalue weighted by molar-refractivity contribution is 9.10. The molecule has 3 fully saturated rings. The molecular weight excluding hydrogens is 463 g/mol. The van der Waals surface area contributed by atoms with Gasteiger partial charge in [-0.3, -0.25) is 4.79 Å². The van der Waals surface area contributed by atoms with Crippen molar-refractivity contribution in [2.75, 3.05) is 6.54 Å². The van der Waals surface area contributed by atoms with Gasteiger partial charge in [-0.15, -0.1) is 0 Å². The molecule has 0 radical (unpaired) electrons. The maximum atomic E-state index is 13.6. The van der Waals surface area contributed by atoms with Gasteiger partial charge in [0.2, 0.25) is 5.88 Å². The predicted molar refractivity (Wildman–Crippen MR) is 114 cm³/mol. The number of carbonyl (C=O) groups is 1. The first kappa shape index (κ1) is 18.9. The van der Waals surface area contributed by atoms with Gasteiger partial charge in [0.1, 0.15) is 6.10 Å². The fourth-order valence-corrected chi connectivity index (χ4v) is 5.54. The van der Waals surface area contributed by atoms with Gasteiger partial charge in [-0.1, -0.05) is 18.2 Å². The van der Waals surface area contributed by atoms with Crippen LogP contribution in [0.5, 0.6) is 5.88 Å². The SMILES string of the molecule is O=C(c1ccccc1-c1ncc(F)cn1)N1CC2CC23CC(Oc2ccc(Br)cn2)C13. The highest BCUT2D eigenvalue weighted by atomic mass is 79.9. The van der Waals surface area contributed by atoms with Crippen LogP contribution < -0.4 is 4.74 Å². The lowest BCUT2D eigenvalue weighted by Gasteiger charge is -2.47. The maximum absolute atomic E-state index is 13.6. The van der Waals surface area contributed by atoms with E-state index in [1.165, 1.54) is 0 Å². The van der Waals surface area contributed by atoms with Crippen molar-refractivity contribution in [3.8, 4) is 17.3 Å². The van der Waals surface area contributed by atoms with E-state index in [1.54, 1.807) is 18.3 Å². The van der Waals surface area contributed by atoms with Crippen molar-refractivity contribution in [3.05, 3.63) is 70.8 Å². The van der Waals surface area contributed by atoms with Gasteiger partial charge in [-0.2, -0.15) is 0 Å². The Morgan fingerprint density at radius 1 is 1.10 bits per heavy atom. The number of amides is 1. The first-order valence-corrected chi connectivity index (χ1v) is 11.0. The Labute approximate surface area is 186 Å². The lowest BCUT2D eigenvalue weighted by Crippen LogP contribution is -2.59. The Balaban J connectivity index is 1.28. The first-order chi connectivity index (χ1) is 15.0. The number of pyridine rings is 1. The van der Waals surface area contributed by atoms with Crippen molar-refractivity contribution in [1.29, 1.82) is 0 Å². The molecule has 4 atom stereocenters. The van der Waals surface area contributed by atoms with Crippen molar-refractivity contribution in [1.82, 2.24) is 19.9 Å². The first-order valence-electron chi connectivity index (χ1n) is 10.2. The number of hydrogen-bond donors (Lipinski definition) is 0. The summed E-state index contributed by atoms with van der Waals surface area (Å²) in [7, 11) is 0. The molecule has 1 spiro atoms. The number of halogens is 2. The summed E-state index contributed by atoms with van der Waals surface area (Å²) in [5.74, 6) is 0.875. The topological polar surface area (TPSA) is 68.2 Å². The normalized spacial score (nSPS) is 27.8. The molecule has 1 aliphatic heterocycles. The van der Waals surface area contributed by atoms with Gasteiger partial charge in [0.05, 0.1) is 24.0 Å². The Kier molecular flexibility index (Phi) is 4.15. The van der Waals surface area contributed by atoms with Crippen LogP contribution in [0.4, 0.5) is 4.39 Å². The molecule has 156 valence electrons. The fourth-order valence-electron chi connectivity index (χ4n) is 5.31.